The molecule has 7 nitrogen and oxygen atoms in total. The number of ether oxygens (including phenoxy) is 1. The summed E-state index contributed by atoms with van der Waals surface area (Å²) in [5.41, 5.74) is 5.33. The van der Waals surface area contributed by atoms with Crippen molar-refractivity contribution >= 4 is 23.4 Å². The molecule has 8 heteroatoms. The smallest absolute Gasteiger partial charge is 0.253 e. The molecule has 0 unspecified atom stereocenters. The van der Waals surface area contributed by atoms with Crippen LogP contribution in [-0.4, -0.2) is 38.4 Å². The summed E-state index contributed by atoms with van der Waals surface area (Å²) >= 11 is 1.30. The molecule has 0 aliphatic rings. The van der Waals surface area contributed by atoms with Gasteiger partial charge in [0.2, 0.25) is 11.1 Å². The van der Waals surface area contributed by atoms with E-state index in [2.05, 4.69) is 32.5 Å². The first-order valence-corrected chi connectivity index (χ1v) is 11.3. The van der Waals surface area contributed by atoms with Crippen molar-refractivity contribution in [2.75, 3.05) is 12.9 Å². The average Bonchev–Trinajstić information content (AvgIpc) is 3.23. The molecule has 0 saturated carbocycles. The molecule has 0 spiro atoms. The summed E-state index contributed by atoms with van der Waals surface area (Å²) in [6, 6.07) is 17.9. The fraction of sp³-hybridized carbons (Fsp3) is 0.250. The highest BCUT2D eigenvalue weighted by atomic mass is 32.2. The van der Waals surface area contributed by atoms with Gasteiger partial charge in [0, 0.05) is 24.4 Å². The van der Waals surface area contributed by atoms with E-state index < -0.39 is 0 Å². The van der Waals surface area contributed by atoms with Gasteiger partial charge in [-0.2, -0.15) is 4.98 Å². The number of rotatable bonds is 8. The third kappa shape index (κ3) is 5.08. The van der Waals surface area contributed by atoms with Gasteiger partial charge in [-0.05, 0) is 42.7 Å². The Morgan fingerprint density at radius 3 is 2.50 bits per heavy atom. The van der Waals surface area contributed by atoms with Crippen LogP contribution < -0.4 is 10.1 Å². The molecule has 4 rings (SSSR count). The second-order valence-electron chi connectivity index (χ2n) is 7.44. The van der Waals surface area contributed by atoms with Crippen molar-refractivity contribution in [3.8, 4) is 5.75 Å². The fourth-order valence-electron chi connectivity index (χ4n) is 3.43. The summed E-state index contributed by atoms with van der Waals surface area (Å²) in [4.78, 5) is 21.4. The molecule has 32 heavy (non-hydrogen) atoms. The van der Waals surface area contributed by atoms with E-state index in [4.69, 9.17) is 4.74 Å². The molecule has 4 aromatic rings. The minimum Gasteiger partial charge on any atom is -0.497 e. The molecule has 0 aliphatic heterocycles. The van der Waals surface area contributed by atoms with E-state index in [-0.39, 0.29) is 11.7 Å². The minimum absolute atomic E-state index is 0.0738. The monoisotopic (exact) mass is 447 g/mol. The number of benzene rings is 2. The number of nitrogens with one attached hydrogen (secondary N) is 1. The van der Waals surface area contributed by atoms with Crippen molar-refractivity contribution < 1.29 is 9.53 Å². The van der Waals surface area contributed by atoms with E-state index in [1.54, 1.807) is 11.6 Å². The molecule has 2 heterocycles. The van der Waals surface area contributed by atoms with Crippen molar-refractivity contribution in [2.24, 2.45) is 0 Å². The Kier molecular flexibility index (Phi) is 6.70. The topological polar surface area (TPSA) is 81.4 Å². The van der Waals surface area contributed by atoms with Crippen LogP contribution in [0.4, 0.5) is 0 Å². The van der Waals surface area contributed by atoms with Gasteiger partial charge in [0.05, 0.1) is 12.9 Å². The highest BCUT2D eigenvalue weighted by molar-refractivity contribution is 7.99. The third-order valence-corrected chi connectivity index (χ3v) is 6.07. The lowest BCUT2D eigenvalue weighted by molar-refractivity contribution is -0.118. The Bertz CT molecular complexity index is 1220. The van der Waals surface area contributed by atoms with E-state index in [1.165, 1.54) is 17.3 Å². The van der Waals surface area contributed by atoms with Crippen molar-refractivity contribution in [1.82, 2.24) is 24.9 Å². The number of fused-ring (bicyclic) bond motifs is 1. The van der Waals surface area contributed by atoms with Gasteiger partial charge in [0.15, 0.2) is 0 Å². The van der Waals surface area contributed by atoms with Crippen LogP contribution in [0, 0.1) is 13.8 Å². The summed E-state index contributed by atoms with van der Waals surface area (Å²) in [5.74, 6) is 1.51. The lowest BCUT2D eigenvalue weighted by Crippen LogP contribution is -2.24. The normalized spacial score (nSPS) is 11.0. The van der Waals surface area contributed by atoms with Crippen LogP contribution >= 0.6 is 11.8 Å². The Morgan fingerprint density at radius 2 is 1.78 bits per heavy atom. The zero-order valence-electron chi connectivity index (χ0n) is 18.3. The van der Waals surface area contributed by atoms with Gasteiger partial charge < -0.3 is 10.1 Å². The van der Waals surface area contributed by atoms with Crippen molar-refractivity contribution in [1.29, 1.82) is 0 Å². The van der Waals surface area contributed by atoms with E-state index in [1.807, 2.05) is 56.3 Å². The second kappa shape index (κ2) is 9.82. The van der Waals surface area contributed by atoms with Crippen LogP contribution in [0.1, 0.15) is 28.1 Å². The van der Waals surface area contributed by atoms with Crippen LogP contribution in [0.2, 0.25) is 0 Å². The SMILES string of the molecule is COc1ccc(CNC(=O)CSc2nc3nc(C)c(Cc4ccccc4)c(C)n3n2)cc1. The van der Waals surface area contributed by atoms with Gasteiger partial charge in [0.1, 0.15) is 5.75 Å². The first-order chi connectivity index (χ1) is 15.5. The quantitative estimate of drug-likeness (QED) is 0.414. The van der Waals surface area contributed by atoms with Gasteiger partial charge in [-0.15, -0.1) is 5.10 Å². The summed E-state index contributed by atoms with van der Waals surface area (Å²) in [5, 5.41) is 8.03. The molecule has 0 bridgehead atoms. The number of nitrogens with zero attached hydrogens (tertiary/aromatic N) is 4. The molecule has 164 valence electrons. The van der Waals surface area contributed by atoms with E-state index in [0.717, 1.165) is 34.7 Å². The number of hydrogen-bond donors (Lipinski definition) is 1. The van der Waals surface area contributed by atoms with Gasteiger partial charge >= 0.3 is 0 Å². The van der Waals surface area contributed by atoms with Gasteiger partial charge in [-0.3, -0.25) is 4.79 Å². The van der Waals surface area contributed by atoms with Crippen LogP contribution in [0.15, 0.2) is 59.8 Å². The van der Waals surface area contributed by atoms with Crippen molar-refractivity contribution in [2.45, 2.75) is 32.0 Å². The summed E-state index contributed by atoms with van der Waals surface area (Å²) in [6.45, 7) is 4.49. The second-order valence-corrected chi connectivity index (χ2v) is 8.39. The molecule has 0 fully saturated rings. The highest BCUT2D eigenvalue weighted by Crippen LogP contribution is 2.20. The van der Waals surface area contributed by atoms with Crippen molar-refractivity contribution in [3.05, 3.63) is 82.7 Å². The molecule has 2 aromatic heterocycles. The first-order valence-electron chi connectivity index (χ1n) is 10.3. The van der Waals surface area contributed by atoms with Crippen molar-refractivity contribution in [3.63, 3.8) is 0 Å². The van der Waals surface area contributed by atoms with E-state index in [0.29, 0.717) is 17.5 Å². The predicted molar refractivity (Wildman–Crippen MR) is 125 cm³/mol. The number of carbonyl (C=O) groups is 1. The maximum atomic E-state index is 12.3. The predicted octanol–water partition coefficient (Wildman–Crippen LogP) is 3.75. The lowest BCUT2D eigenvalue weighted by atomic mass is 10.0. The molecule has 0 radical (unpaired) electrons. The minimum atomic E-state index is -0.0738. The van der Waals surface area contributed by atoms with Gasteiger partial charge in [-0.1, -0.05) is 54.2 Å². The van der Waals surface area contributed by atoms with Gasteiger partial charge in [-0.25, -0.2) is 9.50 Å². The molecule has 0 aliphatic carbocycles. The zero-order valence-corrected chi connectivity index (χ0v) is 19.1. The standard InChI is InChI=1S/C24H25N5O2S/c1-16-21(13-18-7-5-4-6-8-18)17(2)29-23(26-16)27-24(28-29)32-15-22(30)25-14-19-9-11-20(31-3)12-10-19/h4-12H,13-15H2,1-3H3,(H,25,30). The Labute approximate surface area is 191 Å². The molecule has 0 atom stereocenters. The highest BCUT2D eigenvalue weighted by Gasteiger charge is 2.15. The summed E-state index contributed by atoms with van der Waals surface area (Å²) in [7, 11) is 1.63. The summed E-state index contributed by atoms with van der Waals surface area (Å²) < 4.78 is 6.92. The molecular formula is C24H25N5O2S. The zero-order chi connectivity index (χ0) is 22.5. The molecular weight excluding hydrogens is 422 g/mol. The largest absolute Gasteiger partial charge is 0.497 e. The molecule has 1 N–H and O–H groups in total. The first kappa shape index (κ1) is 21.8. The lowest BCUT2D eigenvalue weighted by Gasteiger charge is -2.10. The maximum Gasteiger partial charge on any atom is 0.253 e. The van der Waals surface area contributed by atoms with Gasteiger partial charge in [0.25, 0.3) is 5.78 Å². The van der Waals surface area contributed by atoms with E-state index >= 15 is 0 Å². The van der Waals surface area contributed by atoms with Crippen LogP contribution in [-0.2, 0) is 17.8 Å². The van der Waals surface area contributed by atoms with Crippen LogP contribution in [0.25, 0.3) is 5.78 Å². The molecule has 0 saturated heterocycles. The number of methoxy groups -OCH3 is 1. The third-order valence-electron chi connectivity index (χ3n) is 5.23. The average molecular weight is 448 g/mol. The Balaban J connectivity index is 1.40. The maximum absolute atomic E-state index is 12.3. The fourth-order valence-corrected chi connectivity index (χ4v) is 4.08. The number of aryl methyl sites for hydroxylation is 2. The number of amides is 1. The number of aromatic nitrogens is 4. The molecule has 2 aromatic carbocycles. The Morgan fingerprint density at radius 1 is 1.03 bits per heavy atom. The van der Waals surface area contributed by atoms with E-state index in [9.17, 15) is 4.79 Å². The summed E-state index contributed by atoms with van der Waals surface area (Å²) in [6.07, 6.45) is 0.789. The number of carbonyl (C=O) groups excluding carboxylic acids is 1. The van der Waals surface area contributed by atoms with Crippen LogP contribution in [0.5, 0.6) is 5.75 Å². The number of hydrogen-bond acceptors (Lipinski definition) is 6. The van der Waals surface area contributed by atoms with Crippen LogP contribution in [0.3, 0.4) is 0 Å². The number of thioether (sulfide) groups is 1. The Hall–Kier alpha value is -3.39. The molecule has 1 amide bonds.